The van der Waals surface area contributed by atoms with Gasteiger partial charge in [0, 0.05) is 10.6 Å². The van der Waals surface area contributed by atoms with Crippen molar-refractivity contribution in [1.29, 1.82) is 0 Å². The van der Waals surface area contributed by atoms with Crippen molar-refractivity contribution < 1.29 is 13.9 Å². The number of aliphatic hydroxyl groups is 1. The van der Waals surface area contributed by atoms with Gasteiger partial charge in [-0.3, -0.25) is 0 Å². The molecule has 2 aromatic carbocycles. The molecule has 18 heavy (non-hydrogen) atoms. The minimum atomic E-state index is -1.14. The van der Waals surface area contributed by atoms with Gasteiger partial charge in [-0.15, -0.1) is 0 Å². The van der Waals surface area contributed by atoms with Crippen LogP contribution >= 0.6 is 11.6 Å². The molecule has 1 atom stereocenters. The predicted molar refractivity (Wildman–Crippen MR) is 66.6 cm³/mol. The molecule has 0 aromatic heterocycles. The minimum absolute atomic E-state index is 0.120. The van der Waals surface area contributed by atoms with E-state index in [1.54, 1.807) is 6.92 Å². The molecular weight excluding hydrogens is 258 g/mol. The molecule has 0 aliphatic heterocycles. The molecule has 0 saturated heterocycles. The van der Waals surface area contributed by atoms with E-state index in [0.717, 1.165) is 6.07 Å². The van der Waals surface area contributed by atoms with Crippen LogP contribution in [0, 0.1) is 18.6 Å². The highest BCUT2D eigenvalue weighted by Crippen LogP contribution is 2.28. The standard InChI is InChI=1S/C14H11ClF2O/c1-8-6-10(16)3-5-11(8)14(18)12-4-2-9(15)7-13(12)17/h2-7,14,18H,1H3. The second-order valence-electron chi connectivity index (χ2n) is 4.07. The van der Waals surface area contributed by atoms with E-state index < -0.39 is 11.9 Å². The average molecular weight is 269 g/mol. The lowest BCUT2D eigenvalue weighted by atomic mass is 9.97. The summed E-state index contributed by atoms with van der Waals surface area (Å²) >= 11 is 5.65. The van der Waals surface area contributed by atoms with Crippen LogP contribution in [0.4, 0.5) is 8.78 Å². The molecule has 4 heteroatoms. The molecule has 1 unspecified atom stereocenters. The summed E-state index contributed by atoms with van der Waals surface area (Å²) in [7, 11) is 0. The first-order valence-electron chi connectivity index (χ1n) is 5.38. The fourth-order valence-electron chi connectivity index (χ4n) is 1.84. The number of rotatable bonds is 2. The fourth-order valence-corrected chi connectivity index (χ4v) is 2.00. The maximum Gasteiger partial charge on any atom is 0.130 e. The Morgan fingerprint density at radius 1 is 1.06 bits per heavy atom. The fraction of sp³-hybridized carbons (Fsp3) is 0.143. The van der Waals surface area contributed by atoms with Gasteiger partial charge in [0.2, 0.25) is 0 Å². The molecular formula is C14H11ClF2O. The maximum atomic E-state index is 13.7. The molecule has 2 rings (SSSR count). The lowest BCUT2D eigenvalue weighted by Gasteiger charge is -2.15. The lowest BCUT2D eigenvalue weighted by Crippen LogP contribution is -2.04. The topological polar surface area (TPSA) is 20.2 Å². The van der Waals surface area contributed by atoms with Crippen LogP contribution in [-0.2, 0) is 0 Å². The number of benzene rings is 2. The summed E-state index contributed by atoms with van der Waals surface area (Å²) in [4.78, 5) is 0. The number of halogens is 3. The molecule has 0 aliphatic carbocycles. The Kier molecular flexibility index (Phi) is 3.64. The molecule has 0 heterocycles. The summed E-state index contributed by atoms with van der Waals surface area (Å²) in [6.45, 7) is 1.66. The van der Waals surface area contributed by atoms with Crippen LogP contribution < -0.4 is 0 Å². The second-order valence-corrected chi connectivity index (χ2v) is 4.51. The summed E-state index contributed by atoms with van der Waals surface area (Å²) in [6.07, 6.45) is -1.14. The van der Waals surface area contributed by atoms with Gasteiger partial charge in [0.15, 0.2) is 0 Å². The first-order valence-corrected chi connectivity index (χ1v) is 5.76. The number of aryl methyl sites for hydroxylation is 1. The third-order valence-corrected chi connectivity index (χ3v) is 3.02. The quantitative estimate of drug-likeness (QED) is 0.873. The Balaban J connectivity index is 2.44. The zero-order valence-corrected chi connectivity index (χ0v) is 10.4. The van der Waals surface area contributed by atoms with Crippen LogP contribution in [0.25, 0.3) is 0 Å². The number of aliphatic hydroxyl groups excluding tert-OH is 1. The van der Waals surface area contributed by atoms with E-state index >= 15 is 0 Å². The van der Waals surface area contributed by atoms with Crippen LogP contribution in [-0.4, -0.2) is 5.11 Å². The molecule has 1 N–H and O–H groups in total. The molecule has 1 nitrogen and oxygen atoms in total. The van der Waals surface area contributed by atoms with Crippen molar-refractivity contribution in [2.75, 3.05) is 0 Å². The van der Waals surface area contributed by atoms with E-state index in [-0.39, 0.29) is 16.4 Å². The van der Waals surface area contributed by atoms with E-state index in [4.69, 9.17) is 11.6 Å². The van der Waals surface area contributed by atoms with Crippen molar-refractivity contribution in [1.82, 2.24) is 0 Å². The Morgan fingerprint density at radius 3 is 2.33 bits per heavy atom. The van der Waals surface area contributed by atoms with Gasteiger partial charge in [-0.2, -0.15) is 0 Å². The molecule has 0 amide bonds. The average Bonchev–Trinajstić information content (AvgIpc) is 2.28. The first-order chi connectivity index (χ1) is 8.49. The predicted octanol–water partition coefficient (Wildman–Crippen LogP) is 4.01. The van der Waals surface area contributed by atoms with Crippen LogP contribution in [0.2, 0.25) is 5.02 Å². The molecule has 94 valence electrons. The number of hydrogen-bond acceptors (Lipinski definition) is 1. The largest absolute Gasteiger partial charge is 0.384 e. The SMILES string of the molecule is Cc1cc(F)ccc1C(O)c1ccc(Cl)cc1F. The van der Waals surface area contributed by atoms with Crippen molar-refractivity contribution in [2.24, 2.45) is 0 Å². The summed E-state index contributed by atoms with van der Waals surface area (Å²) in [5.41, 5.74) is 1.16. The third kappa shape index (κ3) is 2.52. The molecule has 0 aliphatic rings. The molecule has 0 bridgehead atoms. The Hall–Kier alpha value is -1.45. The van der Waals surface area contributed by atoms with Gasteiger partial charge in [0.1, 0.15) is 17.7 Å². The molecule has 0 saturated carbocycles. The van der Waals surface area contributed by atoms with Crippen LogP contribution in [0.3, 0.4) is 0 Å². The zero-order chi connectivity index (χ0) is 13.3. The Labute approximate surface area is 109 Å². The summed E-state index contributed by atoms with van der Waals surface area (Å²) in [5, 5.41) is 10.4. The maximum absolute atomic E-state index is 13.7. The smallest absolute Gasteiger partial charge is 0.130 e. The van der Waals surface area contributed by atoms with Crippen molar-refractivity contribution in [2.45, 2.75) is 13.0 Å². The van der Waals surface area contributed by atoms with Crippen molar-refractivity contribution >= 4 is 11.6 Å². The summed E-state index contributed by atoms with van der Waals surface area (Å²) in [6, 6.07) is 8.04. The molecule has 0 fully saturated rings. The molecule has 0 radical (unpaired) electrons. The van der Waals surface area contributed by atoms with Gasteiger partial charge in [0.25, 0.3) is 0 Å². The van der Waals surface area contributed by atoms with Crippen molar-refractivity contribution in [3.63, 3.8) is 0 Å². The van der Waals surface area contributed by atoms with Gasteiger partial charge in [-0.05, 0) is 42.3 Å². The van der Waals surface area contributed by atoms with Gasteiger partial charge >= 0.3 is 0 Å². The third-order valence-electron chi connectivity index (χ3n) is 2.78. The lowest BCUT2D eigenvalue weighted by molar-refractivity contribution is 0.214. The van der Waals surface area contributed by atoms with Gasteiger partial charge in [-0.1, -0.05) is 23.7 Å². The van der Waals surface area contributed by atoms with Crippen molar-refractivity contribution in [3.8, 4) is 0 Å². The number of hydrogen-bond donors (Lipinski definition) is 1. The van der Waals surface area contributed by atoms with E-state index in [2.05, 4.69) is 0 Å². The van der Waals surface area contributed by atoms with Crippen LogP contribution in [0.15, 0.2) is 36.4 Å². The highest BCUT2D eigenvalue weighted by Gasteiger charge is 2.17. The van der Waals surface area contributed by atoms with Gasteiger partial charge < -0.3 is 5.11 Å². The van der Waals surface area contributed by atoms with Gasteiger partial charge in [-0.25, -0.2) is 8.78 Å². The van der Waals surface area contributed by atoms with E-state index in [1.807, 2.05) is 0 Å². The monoisotopic (exact) mass is 268 g/mol. The Morgan fingerprint density at radius 2 is 1.72 bits per heavy atom. The van der Waals surface area contributed by atoms with Gasteiger partial charge in [0.05, 0.1) is 0 Å². The zero-order valence-electron chi connectivity index (χ0n) is 9.62. The summed E-state index contributed by atoms with van der Waals surface area (Å²) < 4.78 is 26.7. The molecule has 0 spiro atoms. The van der Waals surface area contributed by atoms with Crippen LogP contribution in [0.1, 0.15) is 22.8 Å². The minimum Gasteiger partial charge on any atom is -0.384 e. The van der Waals surface area contributed by atoms with Crippen LogP contribution in [0.5, 0.6) is 0 Å². The van der Waals surface area contributed by atoms with E-state index in [1.165, 1.54) is 30.3 Å². The summed E-state index contributed by atoms with van der Waals surface area (Å²) in [5.74, 6) is -0.973. The highest BCUT2D eigenvalue weighted by atomic mass is 35.5. The highest BCUT2D eigenvalue weighted by molar-refractivity contribution is 6.30. The second kappa shape index (κ2) is 5.04. The van der Waals surface area contributed by atoms with Crippen molar-refractivity contribution in [3.05, 3.63) is 69.7 Å². The van der Waals surface area contributed by atoms with E-state index in [9.17, 15) is 13.9 Å². The molecule has 2 aromatic rings. The Bertz CT molecular complexity index is 533. The van der Waals surface area contributed by atoms with E-state index in [0.29, 0.717) is 11.1 Å². The normalized spacial score (nSPS) is 12.5. The first kappa shape index (κ1) is 13.0.